The van der Waals surface area contributed by atoms with Crippen LogP contribution in [-0.4, -0.2) is 30.6 Å². The number of aliphatic imine (C=N–C) groups is 1. The van der Waals surface area contributed by atoms with Gasteiger partial charge in [-0.2, -0.15) is 0 Å². The van der Waals surface area contributed by atoms with Crippen molar-refractivity contribution in [2.45, 2.75) is 34.1 Å². The lowest BCUT2D eigenvalue weighted by Gasteiger charge is -2.12. The quantitative estimate of drug-likeness (QED) is 0.440. The molecule has 0 spiro atoms. The predicted octanol–water partition coefficient (Wildman–Crippen LogP) is 4.65. The summed E-state index contributed by atoms with van der Waals surface area (Å²) in [7, 11) is 1.99. The van der Waals surface area contributed by atoms with Gasteiger partial charge < -0.3 is 4.90 Å². The highest BCUT2D eigenvalue weighted by Gasteiger charge is 2.13. The molecule has 0 fully saturated rings. The van der Waals surface area contributed by atoms with Gasteiger partial charge in [-0.15, -0.1) is 0 Å². The monoisotopic (exact) mass is 322 g/mol. The van der Waals surface area contributed by atoms with Crippen LogP contribution in [0.2, 0.25) is 0 Å². The molecule has 0 aromatic heterocycles. The van der Waals surface area contributed by atoms with E-state index in [1.807, 2.05) is 75.5 Å². The smallest absolute Gasteiger partial charge is 0.167 e. The number of hydrogen-bond acceptors (Lipinski definition) is 2. The minimum atomic E-state index is 0.158. The normalized spacial score (nSPS) is 11.0. The number of carbonyl (C=O) groups is 1. The summed E-state index contributed by atoms with van der Waals surface area (Å²) in [6.45, 7) is 9.02. The van der Waals surface area contributed by atoms with Crippen LogP contribution in [-0.2, 0) is 6.42 Å². The molecular weight excluding hydrogens is 296 g/mol. The summed E-state index contributed by atoms with van der Waals surface area (Å²) in [6, 6.07) is 12.0. The van der Waals surface area contributed by atoms with Gasteiger partial charge in [0.1, 0.15) is 0 Å². The zero-order chi connectivity index (χ0) is 17.7. The fraction of sp³-hybridized carbons (Fsp3) is 0.333. The number of carbonyl (C=O) groups excluding carboxylic acids is 1. The summed E-state index contributed by atoms with van der Waals surface area (Å²) in [4.78, 5) is 19.3. The van der Waals surface area contributed by atoms with Crippen LogP contribution >= 0.6 is 0 Å². The first-order chi connectivity index (χ1) is 11.4. The summed E-state index contributed by atoms with van der Waals surface area (Å²) < 4.78 is 0. The van der Waals surface area contributed by atoms with Crippen LogP contribution in [0.15, 0.2) is 41.4 Å². The molecule has 0 unspecified atom stereocenters. The highest BCUT2D eigenvalue weighted by Crippen LogP contribution is 2.24. The molecule has 0 saturated heterocycles. The molecule has 0 amide bonds. The fourth-order valence-electron chi connectivity index (χ4n) is 2.56. The zero-order valence-corrected chi connectivity index (χ0v) is 15.3. The first-order valence-electron chi connectivity index (χ1n) is 8.35. The first-order valence-corrected chi connectivity index (χ1v) is 8.35. The minimum Gasteiger partial charge on any atom is -0.366 e. The van der Waals surface area contributed by atoms with Gasteiger partial charge in [0.2, 0.25) is 0 Å². The van der Waals surface area contributed by atoms with Crippen LogP contribution in [0.25, 0.3) is 0 Å². The molecule has 0 bridgehead atoms. The predicted molar refractivity (Wildman–Crippen MR) is 102 cm³/mol. The summed E-state index contributed by atoms with van der Waals surface area (Å²) in [5, 5.41) is 0. The second-order valence-electron chi connectivity index (χ2n) is 6.30. The maximum atomic E-state index is 12.7. The maximum Gasteiger partial charge on any atom is 0.167 e. The zero-order valence-electron chi connectivity index (χ0n) is 15.3. The molecule has 0 aliphatic carbocycles. The Kier molecular flexibility index (Phi) is 5.91. The summed E-state index contributed by atoms with van der Waals surface area (Å²) in [6.07, 6.45) is 2.27. The number of hydrogen-bond donors (Lipinski definition) is 0. The molecular formula is C21H26N2O. The van der Waals surface area contributed by atoms with E-state index < -0.39 is 0 Å². The van der Waals surface area contributed by atoms with Crippen molar-refractivity contribution in [3.63, 3.8) is 0 Å². The highest BCUT2D eigenvalue weighted by molar-refractivity contribution is 5.99. The Morgan fingerprint density at radius 1 is 1.08 bits per heavy atom. The van der Waals surface area contributed by atoms with Crippen LogP contribution in [0.1, 0.15) is 39.5 Å². The Bertz CT molecular complexity index is 762. The third-order valence-corrected chi connectivity index (χ3v) is 4.35. The Morgan fingerprint density at radius 3 is 2.46 bits per heavy atom. The van der Waals surface area contributed by atoms with Crippen LogP contribution in [0, 0.1) is 20.8 Å². The lowest BCUT2D eigenvalue weighted by atomic mass is 9.95. The molecule has 3 nitrogen and oxygen atoms in total. The molecule has 2 aromatic rings. The van der Waals surface area contributed by atoms with Crippen molar-refractivity contribution in [3.05, 3.63) is 64.2 Å². The highest BCUT2D eigenvalue weighted by atomic mass is 16.1. The van der Waals surface area contributed by atoms with Crippen molar-refractivity contribution < 1.29 is 4.79 Å². The maximum absolute atomic E-state index is 12.7. The van der Waals surface area contributed by atoms with E-state index in [9.17, 15) is 4.79 Å². The summed E-state index contributed by atoms with van der Waals surface area (Å²) >= 11 is 0. The number of benzene rings is 2. The largest absolute Gasteiger partial charge is 0.366 e. The summed E-state index contributed by atoms with van der Waals surface area (Å²) in [5.41, 5.74) is 5.95. The van der Waals surface area contributed by atoms with E-state index in [1.165, 1.54) is 0 Å². The molecule has 0 heterocycles. The SMILES string of the molecule is CCN(C)C=Nc1cc(C)c(C(=O)Cc2ccccc2C)cc1C. The lowest BCUT2D eigenvalue weighted by molar-refractivity contribution is 0.0992. The van der Waals surface area contributed by atoms with Crippen LogP contribution < -0.4 is 0 Å². The Hall–Kier alpha value is -2.42. The fourth-order valence-corrected chi connectivity index (χ4v) is 2.56. The van der Waals surface area contributed by atoms with Gasteiger partial charge in [0.25, 0.3) is 0 Å². The van der Waals surface area contributed by atoms with E-state index >= 15 is 0 Å². The van der Waals surface area contributed by atoms with Gasteiger partial charge in [-0.3, -0.25) is 4.79 Å². The molecule has 126 valence electrons. The van der Waals surface area contributed by atoms with Gasteiger partial charge in [-0.1, -0.05) is 24.3 Å². The second-order valence-corrected chi connectivity index (χ2v) is 6.30. The third kappa shape index (κ3) is 4.31. The van der Waals surface area contributed by atoms with Crippen LogP contribution in [0.3, 0.4) is 0 Å². The molecule has 0 aliphatic rings. The van der Waals surface area contributed by atoms with Gasteiger partial charge in [0.15, 0.2) is 5.78 Å². The molecule has 0 aliphatic heterocycles. The molecule has 0 saturated carbocycles. The average molecular weight is 322 g/mol. The molecule has 0 radical (unpaired) electrons. The lowest BCUT2D eigenvalue weighted by Crippen LogP contribution is -2.14. The molecule has 2 rings (SSSR count). The molecule has 0 N–H and O–H groups in total. The molecule has 3 heteroatoms. The Labute approximate surface area is 145 Å². The second kappa shape index (κ2) is 7.91. The van der Waals surface area contributed by atoms with E-state index in [1.54, 1.807) is 0 Å². The van der Waals surface area contributed by atoms with Gasteiger partial charge in [-0.25, -0.2) is 4.99 Å². The minimum absolute atomic E-state index is 0.158. The number of Topliss-reactive ketones (excluding diaryl/α,β-unsaturated/α-hetero) is 1. The van der Waals surface area contributed by atoms with Crippen molar-refractivity contribution >= 4 is 17.8 Å². The molecule has 2 aromatic carbocycles. The van der Waals surface area contributed by atoms with Crippen molar-refractivity contribution in [2.24, 2.45) is 4.99 Å². The number of aryl methyl sites for hydroxylation is 3. The van der Waals surface area contributed by atoms with E-state index in [0.29, 0.717) is 6.42 Å². The van der Waals surface area contributed by atoms with Crippen LogP contribution in [0.4, 0.5) is 5.69 Å². The van der Waals surface area contributed by atoms with Crippen molar-refractivity contribution in [1.82, 2.24) is 4.90 Å². The number of nitrogens with zero attached hydrogens (tertiary/aromatic N) is 2. The van der Waals surface area contributed by atoms with Gasteiger partial charge in [-0.05, 0) is 62.1 Å². The van der Waals surface area contributed by atoms with E-state index in [4.69, 9.17) is 0 Å². The number of rotatable bonds is 6. The Balaban J connectivity index is 2.25. The van der Waals surface area contributed by atoms with E-state index in [2.05, 4.69) is 11.9 Å². The van der Waals surface area contributed by atoms with E-state index in [0.717, 1.165) is 40.0 Å². The topological polar surface area (TPSA) is 32.7 Å². The van der Waals surface area contributed by atoms with Crippen LogP contribution in [0.5, 0.6) is 0 Å². The summed E-state index contributed by atoms with van der Waals surface area (Å²) in [5.74, 6) is 0.158. The number of ketones is 1. The average Bonchev–Trinajstić information content (AvgIpc) is 2.56. The standard InChI is InChI=1S/C21H26N2O/c1-6-23(5)14-22-20-12-16(3)19(11-17(20)4)21(24)13-18-10-8-7-9-15(18)2/h7-12,14H,6,13H2,1-5H3. The molecule has 0 atom stereocenters. The first kappa shape index (κ1) is 17.9. The van der Waals surface area contributed by atoms with Crippen molar-refractivity contribution in [2.75, 3.05) is 13.6 Å². The van der Waals surface area contributed by atoms with Crippen molar-refractivity contribution in [3.8, 4) is 0 Å². The van der Waals surface area contributed by atoms with Gasteiger partial charge in [0.05, 0.1) is 12.0 Å². The van der Waals surface area contributed by atoms with Gasteiger partial charge in [0, 0.05) is 25.6 Å². The molecule has 24 heavy (non-hydrogen) atoms. The van der Waals surface area contributed by atoms with E-state index in [-0.39, 0.29) is 5.78 Å². The third-order valence-electron chi connectivity index (χ3n) is 4.35. The van der Waals surface area contributed by atoms with Gasteiger partial charge >= 0.3 is 0 Å². The Morgan fingerprint density at radius 2 is 1.79 bits per heavy atom. The van der Waals surface area contributed by atoms with Crippen molar-refractivity contribution in [1.29, 1.82) is 0 Å².